The molecule has 2 saturated heterocycles. The number of carbonyl (C=O) groups is 4. The number of piperidine rings is 1. The van der Waals surface area contributed by atoms with E-state index in [2.05, 4.69) is 10.3 Å². The molecule has 0 unspecified atom stereocenters. The van der Waals surface area contributed by atoms with Crippen LogP contribution in [0, 0.1) is 17.1 Å². The van der Waals surface area contributed by atoms with E-state index in [0.29, 0.717) is 23.8 Å². The molecule has 1 spiro atoms. The number of alkyl halides is 3. The predicted molar refractivity (Wildman–Crippen MR) is 125 cm³/mol. The molecule has 204 valence electrons. The largest absolute Gasteiger partial charge is 0.416 e. The van der Waals surface area contributed by atoms with Crippen molar-refractivity contribution >= 4 is 23.8 Å². The fourth-order valence-corrected chi connectivity index (χ4v) is 4.76. The highest BCUT2D eigenvalue weighted by Gasteiger charge is 2.57. The number of amides is 5. The minimum atomic E-state index is -4.78. The average Bonchev–Trinajstić information content (AvgIpc) is 3.08. The van der Waals surface area contributed by atoms with E-state index in [1.54, 1.807) is 6.07 Å². The summed E-state index contributed by atoms with van der Waals surface area (Å²) in [5.74, 6) is -3.37. The van der Waals surface area contributed by atoms with Crippen LogP contribution in [0.15, 0.2) is 36.5 Å². The van der Waals surface area contributed by atoms with Crippen molar-refractivity contribution in [1.82, 2.24) is 25.0 Å². The molecule has 0 atom stereocenters. The summed E-state index contributed by atoms with van der Waals surface area (Å²) in [5.41, 5.74) is -2.52. The first-order valence-electron chi connectivity index (χ1n) is 11.7. The van der Waals surface area contributed by atoms with Gasteiger partial charge in [-0.3, -0.25) is 19.3 Å². The highest BCUT2D eigenvalue weighted by atomic mass is 19.4. The number of nitriles is 1. The number of likely N-dealkylation sites (tertiary alicyclic amines) is 1. The van der Waals surface area contributed by atoms with Gasteiger partial charge < -0.3 is 15.1 Å². The number of likely N-dealkylation sites (N-methyl/N-ethyl adjacent to an activating group) is 1. The Kier molecular flexibility index (Phi) is 7.27. The number of imide groups is 1. The van der Waals surface area contributed by atoms with Gasteiger partial charge in [-0.15, -0.1) is 0 Å². The lowest BCUT2D eigenvalue weighted by molar-refractivity contribution is -0.140. The number of aromatic nitrogens is 1. The third kappa shape index (κ3) is 5.25. The van der Waals surface area contributed by atoms with E-state index in [0.717, 1.165) is 4.90 Å². The van der Waals surface area contributed by atoms with Crippen molar-refractivity contribution < 1.29 is 36.7 Å². The van der Waals surface area contributed by atoms with Crippen molar-refractivity contribution in [3.8, 4) is 6.07 Å². The number of halogens is 4. The SMILES string of the molecule is CN1C(=O)N(Cc2ccnc(C#N)c2)C2(CCN(C(=O)CNC(=O)c3cc(C(F)(F)F)ccc3F)CC2)C1=O. The molecule has 2 aliphatic rings. The molecule has 1 aromatic heterocycles. The number of benzene rings is 1. The van der Waals surface area contributed by atoms with Crippen LogP contribution in [-0.2, 0) is 22.3 Å². The second-order valence-electron chi connectivity index (χ2n) is 9.18. The number of rotatable bonds is 5. The zero-order chi connectivity index (χ0) is 28.5. The smallest absolute Gasteiger partial charge is 0.343 e. The summed E-state index contributed by atoms with van der Waals surface area (Å²) < 4.78 is 52.8. The zero-order valence-corrected chi connectivity index (χ0v) is 20.6. The summed E-state index contributed by atoms with van der Waals surface area (Å²) in [4.78, 5) is 58.7. The number of carbonyl (C=O) groups excluding carboxylic acids is 4. The Morgan fingerprint density at radius 2 is 1.85 bits per heavy atom. The Bertz CT molecular complexity index is 1380. The lowest BCUT2D eigenvalue weighted by atomic mass is 9.85. The first-order valence-corrected chi connectivity index (χ1v) is 11.7. The monoisotopic (exact) mass is 546 g/mol. The van der Waals surface area contributed by atoms with Gasteiger partial charge in [0.1, 0.15) is 23.1 Å². The van der Waals surface area contributed by atoms with Crippen molar-refractivity contribution in [2.75, 3.05) is 26.7 Å². The van der Waals surface area contributed by atoms with E-state index >= 15 is 0 Å². The van der Waals surface area contributed by atoms with E-state index in [1.165, 1.54) is 29.1 Å². The molecule has 2 aliphatic heterocycles. The van der Waals surface area contributed by atoms with E-state index in [1.807, 2.05) is 6.07 Å². The van der Waals surface area contributed by atoms with Gasteiger partial charge in [-0.25, -0.2) is 14.2 Å². The van der Waals surface area contributed by atoms with Gasteiger partial charge in [0.05, 0.1) is 17.7 Å². The van der Waals surface area contributed by atoms with E-state index in [9.17, 15) is 36.7 Å². The van der Waals surface area contributed by atoms with E-state index < -0.39 is 59.0 Å². The summed E-state index contributed by atoms with van der Waals surface area (Å²) in [6, 6.07) is 5.94. The number of nitrogens with zero attached hydrogens (tertiary/aromatic N) is 5. The molecule has 4 rings (SSSR count). The molecular formula is C25H22F4N6O4. The summed E-state index contributed by atoms with van der Waals surface area (Å²) in [5, 5.41) is 11.2. The van der Waals surface area contributed by atoms with Gasteiger partial charge in [-0.1, -0.05) is 0 Å². The van der Waals surface area contributed by atoms with Gasteiger partial charge in [0.2, 0.25) is 5.91 Å². The van der Waals surface area contributed by atoms with Crippen LogP contribution >= 0.6 is 0 Å². The van der Waals surface area contributed by atoms with E-state index in [-0.39, 0.29) is 38.2 Å². The molecule has 5 amide bonds. The molecule has 1 N–H and O–H groups in total. The Balaban J connectivity index is 1.41. The normalized spacial score (nSPS) is 17.0. The molecule has 3 heterocycles. The van der Waals surface area contributed by atoms with Crippen LogP contribution in [-0.4, -0.2) is 75.7 Å². The lowest BCUT2D eigenvalue weighted by Crippen LogP contribution is -2.57. The number of hydrogen-bond donors (Lipinski definition) is 1. The maximum Gasteiger partial charge on any atom is 0.416 e. The first-order chi connectivity index (χ1) is 18.4. The molecule has 14 heteroatoms. The van der Waals surface area contributed by atoms with Crippen molar-refractivity contribution in [3.05, 3.63) is 64.7 Å². The second-order valence-corrected chi connectivity index (χ2v) is 9.18. The fourth-order valence-electron chi connectivity index (χ4n) is 4.76. The molecule has 39 heavy (non-hydrogen) atoms. The van der Waals surface area contributed by atoms with Gasteiger partial charge in [-0.2, -0.15) is 18.4 Å². The first kappa shape index (κ1) is 27.5. The number of urea groups is 1. The van der Waals surface area contributed by atoms with Crippen molar-refractivity contribution in [2.45, 2.75) is 31.1 Å². The van der Waals surface area contributed by atoms with Gasteiger partial charge >= 0.3 is 12.2 Å². The highest BCUT2D eigenvalue weighted by Crippen LogP contribution is 2.38. The maximum atomic E-state index is 14.0. The quantitative estimate of drug-likeness (QED) is 0.453. The zero-order valence-electron chi connectivity index (χ0n) is 20.6. The molecule has 2 aromatic rings. The second kappa shape index (κ2) is 10.3. The molecule has 2 fully saturated rings. The molecule has 10 nitrogen and oxygen atoms in total. The standard InChI is InChI=1S/C25H22F4N6O4/c1-33-22(38)24(35(23(33)39)14-15-4-7-31-17(10-15)12-30)5-8-34(9-6-24)20(36)13-32-21(37)18-11-16(25(27,28)29)2-3-19(18)26/h2-4,7,10-11H,5-6,8-9,13-14H2,1H3,(H,32,37). The number of hydrogen-bond acceptors (Lipinski definition) is 6. The minimum Gasteiger partial charge on any atom is -0.343 e. The molecule has 0 bridgehead atoms. The lowest BCUT2D eigenvalue weighted by Gasteiger charge is -2.42. The average molecular weight is 546 g/mol. The summed E-state index contributed by atoms with van der Waals surface area (Å²) in [6.45, 7) is -0.462. The Morgan fingerprint density at radius 1 is 1.15 bits per heavy atom. The maximum absolute atomic E-state index is 14.0. The Hall–Kier alpha value is -4.54. The van der Waals surface area contributed by atoms with Gasteiger partial charge in [-0.05, 0) is 48.7 Å². The van der Waals surface area contributed by atoms with Gasteiger partial charge in [0.15, 0.2) is 0 Å². The van der Waals surface area contributed by atoms with Gasteiger partial charge in [0, 0.05) is 32.9 Å². The molecule has 1 aromatic carbocycles. The van der Waals surface area contributed by atoms with Crippen molar-refractivity contribution in [3.63, 3.8) is 0 Å². The minimum absolute atomic E-state index is 0.0403. The van der Waals surface area contributed by atoms with Crippen LogP contribution < -0.4 is 5.32 Å². The number of pyridine rings is 1. The molecular weight excluding hydrogens is 524 g/mol. The van der Waals surface area contributed by atoms with Crippen LogP contribution in [0.1, 0.15) is 40.0 Å². The van der Waals surface area contributed by atoms with Crippen LogP contribution in [0.3, 0.4) is 0 Å². The number of nitrogens with one attached hydrogen (secondary N) is 1. The van der Waals surface area contributed by atoms with Gasteiger partial charge in [0.25, 0.3) is 11.8 Å². The van der Waals surface area contributed by atoms with Crippen LogP contribution in [0.25, 0.3) is 0 Å². The highest BCUT2D eigenvalue weighted by molar-refractivity contribution is 6.07. The third-order valence-electron chi connectivity index (χ3n) is 6.90. The summed E-state index contributed by atoms with van der Waals surface area (Å²) in [6.07, 6.45) is -3.16. The predicted octanol–water partition coefficient (Wildman–Crippen LogP) is 2.30. The van der Waals surface area contributed by atoms with Crippen LogP contribution in [0.4, 0.5) is 22.4 Å². The Labute approximate surface area is 219 Å². The third-order valence-corrected chi connectivity index (χ3v) is 6.90. The van der Waals surface area contributed by atoms with Crippen molar-refractivity contribution in [1.29, 1.82) is 5.26 Å². The fraction of sp³-hybridized carbons (Fsp3) is 0.360. The molecule has 0 aliphatic carbocycles. The molecule has 0 radical (unpaired) electrons. The summed E-state index contributed by atoms with van der Waals surface area (Å²) >= 11 is 0. The summed E-state index contributed by atoms with van der Waals surface area (Å²) in [7, 11) is 1.36. The Morgan fingerprint density at radius 3 is 2.49 bits per heavy atom. The van der Waals surface area contributed by atoms with Crippen molar-refractivity contribution in [2.24, 2.45) is 0 Å². The molecule has 0 saturated carbocycles. The van der Waals surface area contributed by atoms with E-state index in [4.69, 9.17) is 5.26 Å². The van der Waals surface area contributed by atoms with Crippen LogP contribution in [0.5, 0.6) is 0 Å². The van der Waals surface area contributed by atoms with Crippen LogP contribution in [0.2, 0.25) is 0 Å². The topological polar surface area (TPSA) is 127 Å².